The first kappa shape index (κ1) is 17.2. The molecule has 1 aromatic heterocycles. The number of aryl methyl sites for hydroxylation is 2. The van der Waals surface area contributed by atoms with Gasteiger partial charge in [-0.25, -0.2) is 0 Å². The number of ketones is 1. The summed E-state index contributed by atoms with van der Waals surface area (Å²) in [6.07, 6.45) is 4.02. The molecule has 25 heavy (non-hydrogen) atoms. The molecular weight excluding hydrogens is 308 g/mol. The van der Waals surface area contributed by atoms with Crippen molar-refractivity contribution in [3.8, 4) is 0 Å². The van der Waals surface area contributed by atoms with Crippen LogP contribution in [0.4, 0.5) is 11.4 Å². The van der Waals surface area contributed by atoms with Gasteiger partial charge in [-0.3, -0.25) is 9.78 Å². The van der Waals surface area contributed by atoms with Crippen molar-refractivity contribution in [1.29, 1.82) is 0 Å². The van der Waals surface area contributed by atoms with Crippen LogP contribution in [0.2, 0.25) is 0 Å². The van der Waals surface area contributed by atoms with Gasteiger partial charge in [-0.15, -0.1) is 0 Å². The maximum atomic E-state index is 12.7. The molecule has 0 aliphatic heterocycles. The number of nitrogens with zero attached hydrogens (tertiary/aromatic N) is 1. The van der Waals surface area contributed by atoms with Crippen LogP contribution in [0.15, 0.2) is 48.7 Å². The van der Waals surface area contributed by atoms with E-state index in [1.165, 1.54) is 5.56 Å². The van der Waals surface area contributed by atoms with Gasteiger partial charge in [0, 0.05) is 23.7 Å². The van der Waals surface area contributed by atoms with Crippen molar-refractivity contribution >= 4 is 28.1 Å². The van der Waals surface area contributed by atoms with Crippen molar-refractivity contribution in [2.24, 2.45) is 0 Å². The molecular formula is C22H24N2O. The number of benzene rings is 2. The molecule has 0 bridgehead atoms. The fraction of sp³-hybridized carbons (Fsp3) is 0.273. The predicted molar refractivity (Wildman–Crippen MR) is 105 cm³/mol. The average molecular weight is 332 g/mol. The van der Waals surface area contributed by atoms with Crippen LogP contribution < -0.4 is 5.32 Å². The minimum Gasteiger partial charge on any atom is -0.354 e. The van der Waals surface area contributed by atoms with Crippen molar-refractivity contribution in [3.05, 3.63) is 65.4 Å². The topological polar surface area (TPSA) is 42.0 Å². The molecule has 0 fully saturated rings. The zero-order chi connectivity index (χ0) is 17.8. The lowest BCUT2D eigenvalue weighted by Gasteiger charge is -2.17. The number of hydrogen-bond donors (Lipinski definition) is 1. The highest BCUT2D eigenvalue weighted by Crippen LogP contribution is 2.32. The first-order valence-corrected chi connectivity index (χ1v) is 8.92. The number of carbonyl (C=O) groups is 1. The van der Waals surface area contributed by atoms with Crippen molar-refractivity contribution in [2.75, 3.05) is 5.32 Å². The maximum Gasteiger partial charge on any atom is 0.166 e. The Kier molecular flexibility index (Phi) is 5.13. The molecule has 0 spiro atoms. The molecule has 128 valence electrons. The second-order valence-electron chi connectivity index (χ2n) is 6.33. The summed E-state index contributed by atoms with van der Waals surface area (Å²) < 4.78 is 0. The van der Waals surface area contributed by atoms with Crippen LogP contribution >= 0.6 is 0 Å². The highest BCUT2D eigenvalue weighted by molar-refractivity contribution is 6.09. The Morgan fingerprint density at radius 3 is 2.64 bits per heavy atom. The third-order valence-corrected chi connectivity index (χ3v) is 4.53. The van der Waals surface area contributed by atoms with E-state index in [2.05, 4.69) is 29.4 Å². The van der Waals surface area contributed by atoms with E-state index in [-0.39, 0.29) is 5.78 Å². The lowest BCUT2D eigenvalue weighted by atomic mass is 10.0. The van der Waals surface area contributed by atoms with Crippen LogP contribution in [0.5, 0.6) is 0 Å². The lowest BCUT2D eigenvalue weighted by molar-refractivity contribution is 0.0982. The second kappa shape index (κ2) is 7.47. The number of fused-ring (bicyclic) bond motifs is 1. The van der Waals surface area contributed by atoms with Crippen molar-refractivity contribution in [1.82, 2.24) is 4.98 Å². The van der Waals surface area contributed by atoms with Crippen LogP contribution in [0.3, 0.4) is 0 Å². The van der Waals surface area contributed by atoms with Gasteiger partial charge < -0.3 is 5.32 Å². The smallest absolute Gasteiger partial charge is 0.166 e. The first-order chi connectivity index (χ1) is 12.2. The number of anilines is 2. The summed E-state index contributed by atoms with van der Waals surface area (Å²) in [5, 5.41) is 4.53. The second-order valence-corrected chi connectivity index (χ2v) is 6.33. The first-order valence-electron chi connectivity index (χ1n) is 8.92. The van der Waals surface area contributed by atoms with Crippen molar-refractivity contribution < 1.29 is 4.79 Å². The van der Waals surface area contributed by atoms with Gasteiger partial charge in [-0.05, 0) is 37.0 Å². The third kappa shape index (κ3) is 3.41. The van der Waals surface area contributed by atoms with E-state index >= 15 is 0 Å². The Balaban J connectivity index is 2.20. The van der Waals surface area contributed by atoms with Gasteiger partial charge in [-0.1, -0.05) is 50.2 Å². The fourth-order valence-electron chi connectivity index (χ4n) is 3.16. The molecule has 3 aromatic rings. The molecule has 0 saturated heterocycles. The van der Waals surface area contributed by atoms with E-state index in [1.807, 2.05) is 44.2 Å². The van der Waals surface area contributed by atoms with E-state index in [0.717, 1.165) is 40.7 Å². The lowest BCUT2D eigenvalue weighted by Crippen LogP contribution is -2.07. The molecule has 0 aliphatic rings. The minimum atomic E-state index is 0.134. The zero-order valence-electron chi connectivity index (χ0n) is 15.1. The minimum absolute atomic E-state index is 0.134. The number of pyridine rings is 1. The number of hydrogen-bond acceptors (Lipinski definition) is 3. The van der Waals surface area contributed by atoms with E-state index in [4.69, 9.17) is 0 Å². The molecule has 3 heteroatoms. The Bertz CT molecular complexity index is 915. The summed E-state index contributed by atoms with van der Waals surface area (Å²) in [5.74, 6) is 0.134. The van der Waals surface area contributed by atoms with E-state index < -0.39 is 0 Å². The van der Waals surface area contributed by atoms with Crippen LogP contribution in [-0.2, 0) is 6.42 Å². The molecule has 2 aromatic carbocycles. The summed E-state index contributed by atoms with van der Waals surface area (Å²) >= 11 is 0. The van der Waals surface area contributed by atoms with E-state index in [0.29, 0.717) is 12.0 Å². The summed E-state index contributed by atoms with van der Waals surface area (Å²) in [5.41, 5.74) is 5.86. The Hall–Kier alpha value is -2.68. The maximum absolute atomic E-state index is 12.7. The number of rotatable bonds is 6. The molecule has 0 saturated carbocycles. The van der Waals surface area contributed by atoms with Crippen molar-refractivity contribution in [2.45, 2.75) is 40.0 Å². The largest absolute Gasteiger partial charge is 0.354 e. The van der Waals surface area contributed by atoms with Gasteiger partial charge in [0.15, 0.2) is 5.78 Å². The van der Waals surface area contributed by atoms with Crippen LogP contribution in [0.1, 0.15) is 48.2 Å². The van der Waals surface area contributed by atoms with Crippen molar-refractivity contribution in [3.63, 3.8) is 0 Å². The molecule has 0 radical (unpaired) electrons. The summed E-state index contributed by atoms with van der Waals surface area (Å²) in [6.45, 7) is 6.21. The summed E-state index contributed by atoms with van der Waals surface area (Å²) in [7, 11) is 0. The number of nitrogens with one attached hydrogen (secondary N) is 1. The standard InChI is InChI=1S/C22H24N2O/c1-4-9-20(25)18-14-23-21-15(3)10-8-12-17(21)22(18)24-19-13-7-6-11-16(19)5-2/h6-8,10-14H,4-5,9H2,1-3H3,(H,23,24). The Morgan fingerprint density at radius 1 is 1.08 bits per heavy atom. The van der Waals surface area contributed by atoms with Gasteiger partial charge in [0.2, 0.25) is 0 Å². The number of carbonyl (C=O) groups excluding carboxylic acids is 1. The molecule has 0 amide bonds. The van der Waals surface area contributed by atoms with Gasteiger partial charge in [0.1, 0.15) is 0 Å². The van der Waals surface area contributed by atoms with Gasteiger partial charge in [-0.2, -0.15) is 0 Å². The quantitative estimate of drug-likeness (QED) is 0.577. The van der Waals surface area contributed by atoms with Gasteiger partial charge in [0.25, 0.3) is 0 Å². The van der Waals surface area contributed by atoms with E-state index in [1.54, 1.807) is 6.20 Å². The molecule has 1 N–H and O–H groups in total. The molecule has 0 aliphatic carbocycles. The van der Waals surface area contributed by atoms with Gasteiger partial charge >= 0.3 is 0 Å². The molecule has 0 unspecified atom stereocenters. The van der Waals surface area contributed by atoms with Crippen LogP contribution in [0, 0.1) is 6.92 Å². The average Bonchev–Trinajstić information content (AvgIpc) is 2.63. The number of para-hydroxylation sites is 2. The Morgan fingerprint density at radius 2 is 1.88 bits per heavy atom. The monoisotopic (exact) mass is 332 g/mol. The SMILES string of the molecule is CCCC(=O)c1cnc2c(C)cccc2c1Nc1ccccc1CC. The summed E-state index contributed by atoms with van der Waals surface area (Å²) in [6, 6.07) is 14.3. The van der Waals surface area contributed by atoms with Crippen LogP contribution in [0.25, 0.3) is 10.9 Å². The number of aromatic nitrogens is 1. The van der Waals surface area contributed by atoms with E-state index in [9.17, 15) is 4.79 Å². The number of Topliss-reactive ketones (excluding diaryl/α,β-unsaturated/α-hetero) is 1. The Labute approximate surface area is 149 Å². The predicted octanol–water partition coefficient (Wildman–Crippen LogP) is 5.83. The molecule has 0 atom stereocenters. The van der Waals surface area contributed by atoms with Crippen LogP contribution in [-0.4, -0.2) is 10.8 Å². The highest BCUT2D eigenvalue weighted by atomic mass is 16.1. The molecule has 3 rings (SSSR count). The van der Waals surface area contributed by atoms with Gasteiger partial charge in [0.05, 0.1) is 16.8 Å². The summed E-state index contributed by atoms with van der Waals surface area (Å²) in [4.78, 5) is 17.2. The molecule has 1 heterocycles. The molecule has 3 nitrogen and oxygen atoms in total. The zero-order valence-corrected chi connectivity index (χ0v) is 15.1. The fourth-order valence-corrected chi connectivity index (χ4v) is 3.16. The highest BCUT2D eigenvalue weighted by Gasteiger charge is 2.16. The third-order valence-electron chi connectivity index (χ3n) is 4.53. The normalized spacial score (nSPS) is 10.8.